The van der Waals surface area contributed by atoms with Gasteiger partial charge in [0.25, 0.3) is 0 Å². The second kappa shape index (κ2) is 7.88. The van der Waals surface area contributed by atoms with Crippen LogP contribution in [0.5, 0.6) is 0 Å². The van der Waals surface area contributed by atoms with Gasteiger partial charge in [-0.3, -0.25) is 9.69 Å². The summed E-state index contributed by atoms with van der Waals surface area (Å²) in [7, 11) is 0. The number of benzene rings is 1. The van der Waals surface area contributed by atoms with Crippen LogP contribution in [-0.4, -0.2) is 51.3 Å². The fraction of sp³-hybridized carbons (Fsp3) is 0.579. The van der Waals surface area contributed by atoms with Crippen molar-refractivity contribution < 1.29 is 24.2 Å². The number of rotatable bonds is 5. The van der Waals surface area contributed by atoms with Crippen LogP contribution in [0.4, 0.5) is 4.79 Å². The van der Waals surface area contributed by atoms with E-state index in [9.17, 15) is 14.7 Å². The van der Waals surface area contributed by atoms with Gasteiger partial charge in [-0.1, -0.05) is 18.2 Å². The number of nitrogens with zero attached hydrogens (tertiary/aromatic N) is 1. The maximum Gasteiger partial charge on any atom is 0.412 e. The molecule has 1 saturated heterocycles. The van der Waals surface area contributed by atoms with Crippen molar-refractivity contribution in [2.75, 3.05) is 6.61 Å². The Bertz CT molecular complexity index is 641. The van der Waals surface area contributed by atoms with Crippen molar-refractivity contribution in [2.24, 2.45) is 0 Å². The Labute approximate surface area is 158 Å². The molecule has 1 fully saturated rings. The molecule has 1 aromatic carbocycles. The fourth-order valence-corrected chi connectivity index (χ4v) is 4.12. The molecule has 0 radical (unpaired) electrons. The molecule has 144 valence electrons. The van der Waals surface area contributed by atoms with E-state index in [1.165, 1.54) is 11.8 Å². The first-order chi connectivity index (χ1) is 12.0. The Kier molecular flexibility index (Phi) is 6.24. The number of carbonyl (C=O) groups excluding carboxylic acids is 1. The largest absolute Gasteiger partial charge is 0.481 e. The Morgan fingerprint density at radius 3 is 2.50 bits per heavy atom. The van der Waals surface area contributed by atoms with Crippen molar-refractivity contribution in [2.45, 2.75) is 68.6 Å². The van der Waals surface area contributed by atoms with Crippen LogP contribution in [0.2, 0.25) is 0 Å². The fourth-order valence-electron chi connectivity index (χ4n) is 2.87. The molecule has 0 spiro atoms. The van der Waals surface area contributed by atoms with Gasteiger partial charge in [0.1, 0.15) is 11.3 Å². The Balaban J connectivity index is 2.28. The van der Waals surface area contributed by atoms with Gasteiger partial charge < -0.3 is 14.6 Å². The van der Waals surface area contributed by atoms with Gasteiger partial charge in [-0.2, -0.15) is 0 Å². The zero-order valence-corrected chi connectivity index (χ0v) is 16.7. The van der Waals surface area contributed by atoms with Crippen LogP contribution in [0.3, 0.4) is 0 Å². The first-order valence-electron chi connectivity index (χ1n) is 8.59. The number of ether oxygens (including phenoxy) is 2. The van der Waals surface area contributed by atoms with Crippen molar-refractivity contribution in [3.63, 3.8) is 0 Å². The molecule has 1 aliphatic rings. The Morgan fingerprint density at radius 1 is 1.35 bits per heavy atom. The molecule has 1 heterocycles. The van der Waals surface area contributed by atoms with Crippen molar-refractivity contribution in [1.82, 2.24) is 4.90 Å². The number of carboxylic acids is 1. The number of hydrogen-bond donors (Lipinski definition) is 1. The van der Waals surface area contributed by atoms with E-state index in [-0.39, 0.29) is 18.3 Å². The van der Waals surface area contributed by atoms with E-state index in [1.54, 1.807) is 39.5 Å². The molecule has 6 nitrogen and oxygen atoms in total. The molecule has 1 aliphatic heterocycles. The van der Waals surface area contributed by atoms with Crippen molar-refractivity contribution in [3.05, 3.63) is 30.3 Å². The number of amides is 1. The summed E-state index contributed by atoms with van der Waals surface area (Å²) in [5, 5.41) is 9.02. The van der Waals surface area contributed by atoms with Gasteiger partial charge in [-0.15, -0.1) is 11.8 Å². The van der Waals surface area contributed by atoms with Crippen LogP contribution in [0.15, 0.2) is 35.2 Å². The molecule has 1 unspecified atom stereocenters. The minimum atomic E-state index is -0.910. The van der Waals surface area contributed by atoms with E-state index in [2.05, 4.69) is 0 Å². The first kappa shape index (κ1) is 20.6. The van der Waals surface area contributed by atoms with Gasteiger partial charge >= 0.3 is 12.1 Å². The van der Waals surface area contributed by atoms with Gasteiger partial charge in [-0.05, 0) is 46.8 Å². The third-order valence-corrected chi connectivity index (χ3v) is 5.27. The van der Waals surface area contributed by atoms with Crippen molar-refractivity contribution in [3.8, 4) is 0 Å². The number of carboxylic acid groups (broad SMARTS) is 1. The lowest BCUT2D eigenvalue weighted by Gasteiger charge is -2.37. The third kappa shape index (κ3) is 5.38. The molecule has 0 saturated carbocycles. The van der Waals surface area contributed by atoms with Gasteiger partial charge in [0.15, 0.2) is 0 Å². The van der Waals surface area contributed by atoms with Crippen LogP contribution in [-0.2, 0) is 14.3 Å². The first-order valence-corrected chi connectivity index (χ1v) is 9.47. The van der Waals surface area contributed by atoms with Crippen LogP contribution in [0.1, 0.15) is 41.0 Å². The highest BCUT2D eigenvalue weighted by Gasteiger charge is 2.49. The lowest BCUT2D eigenvalue weighted by Crippen LogP contribution is -2.53. The Morgan fingerprint density at radius 2 is 1.96 bits per heavy atom. The minimum absolute atomic E-state index is 0.0804. The number of hydrogen-bond acceptors (Lipinski definition) is 5. The lowest BCUT2D eigenvalue weighted by atomic mass is 10.1. The van der Waals surface area contributed by atoms with E-state index in [0.717, 1.165) is 4.90 Å². The molecule has 2 atom stereocenters. The summed E-state index contributed by atoms with van der Waals surface area (Å²) in [5.41, 5.74) is -1.50. The van der Waals surface area contributed by atoms with Gasteiger partial charge in [0.2, 0.25) is 0 Å². The normalized spacial score (nSPS) is 20.7. The minimum Gasteiger partial charge on any atom is -0.481 e. The maximum atomic E-state index is 12.8. The second-order valence-electron chi connectivity index (χ2n) is 7.74. The number of carbonyl (C=O) groups is 2. The summed E-state index contributed by atoms with van der Waals surface area (Å²) in [6.45, 7) is 9.26. The summed E-state index contributed by atoms with van der Waals surface area (Å²) in [5.74, 6) is -0.910. The molecule has 0 bridgehead atoms. The maximum absolute atomic E-state index is 12.8. The molecule has 1 N–H and O–H groups in total. The highest BCUT2D eigenvalue weighted by Crippen LogP contribution is 2.38. The van der Waals surface area contributed by atoms with E-state index in [0.29, 0.717) is 0 Å². The van der Waals surface area contributed by atoms with Gasteiger partial charge in [0, 0.05) is 10.1 Å². The monoisotopic (exact) mass is 381 g/mol. The predicted octanol–water partition coefficient (Wildman–Crippen LogP) is 3.99. The topological polar surface area (TPSA) is 76.1 Å². The van der Waals surface area contributed by atoms with Crippen molar-refractivity contribution >= 4 is 23.8 Å². The van der Waals surface area contributed by atoms with E-state index < -0.39 is 29.4 Å². The zero-order valence-electron chi connectivity index (χ0n) is 15.9. The second-order valence-corrected chi connectivity index (χ2v) is 9.06. The molecule has 7 heteroatoms. The summed E-state index contributed by atoms with van der Waals surface area (Å²) in [6, 6.07) is 9.17. The quantitative estimate of drug-likeness (QED) is 0.777. The lowest BCUT2D eigenvalue weighted by molar-refractivity contribution is -0.137. The number of aliphatic carboxylic acids is 1. The van der Waals surface area contributed by atoms with Crippen LogP contribution < -0.4 is 0 Å². The number of thioether (sulfide) groups is 1. The van der Waals surface area contributed by atoms with Gasteiger partial charge in [0.05, 0.1) is 19.1 Å². The molecule has 0 aliphatic carbocycles. The molecule has 1 aromatic rings. The highest BCUT2D eigenvalue weighted by atomic mass is 32.2. The SMILES string of the molecule is CC(C)(C)OC(=O)N1[C@H](C(CC(=O)O)Sc2ccccc2)COC1(C)C. The molecule has 26 heavy (non-hydrogen) atoms. The highest BCUT2D eigenvalue weighted by molar-refractivity contribution is 8.00. The smallest absolute Gasteiger partial charge is 0.412 e. The molecular weight excluding hydrogens is 354 g/mol. The summed E-state index contributed by atoms with van der Waals surface area (Å²) in [6.07, 6.45) is -0.572. The third-order valence-electron chi connectivity index (χ3n) is 3.94. The van der Waals surface area contributed by atoms with E-state index >= 15 is 0 Å². The van der Waals surface area contributed by atoms with E-state index in [1.807, 2.05) is 30.3 Å². The summed E-state index contributed by atoms with van der Waals surface area (Å²) < 4.78 is 11.4. The molecule has 0 aromatic heterocycles. The summed E-state index contributed by atoms with van der Waals surface area (Å²) in [4.78, 5) is 26.7. The van der Waals surface area contributed by atoms with Gasteiger partial charge in [-0.25, -0.2) is 4.79 Å². The van der Waals surface area contributed by atoms with Crippen molar-refractivity contribution in [1.29, 1.82) is 0 Å². The average molecular weight is 381 g/mol. The average Bonchev–Trinajstić information content (AvgIpc) is 2.81. The predicted molar refractivity (Wildman–Crippen MR) is 100 cm³/mol. The summed E-state index contributed by atoms with van der Waals surface area (Å²) >= 11 is 1.44. The molecule has 2 rings (SSSR count). The van der Waals surface area contributed by atoms with E-state index in [4.69, 9.17) is 9.47 Å². The Hall–Kier alpha value is -1.73. The van der Waals surface area contributed by atoms with Crippen LogP contribution >= 0.6 is 11.8 Å². The standard InChI is InChI=1S/C19H27NO5S/c1-18(2,3)25-17(23)20-14(12-24-19(20,4)5)15(11-16(21)22)26-13-9-7-6-8-10-13/h6-10,14-15H,11-12H2,1-5H3,(H,21,22)/t14-,15?/m0/s1. The van der Waals surface area contributed by atoms with Crippen LogP contribution in [0, 0.1) is 0 Å². The molecule has 1 amide bonds. The van der Waals surface area contributed by atoms with Crippen LogP contribution in [0.25, 0.3) is 0 Å². The molecular formula is C19H27NO5S. The zero-order chi connectivity index (χ0) is 19.5.